The van der Waals surface area contributed by atoms with Gasteiger partial charge in [-0.05, 0) is 61.4 Å². The number of imidazole rings is 1. The van der Waals surface area contributed by atoms with Crippen LogP contribution in [0.5, 0.6) is 0 Å². The molecule has 0 unspecified atom stereocenters. The molecule has 5 nitrogen and oxygen atoms in total. The number of hydrogen-bond donors (Lipinski definition) is 1. The number of amides is 1. The van der Waals surface area contributed by atoms with E-state index in [-0.39, 0.29) is 5.91 Å². The van der Waals surface area contributed by atoms with Gasteiger partial charge in [0, 0.05) is 24.5 Å². The zero-order valence-corrected chi connectivity index (χ0v) is 15.3. The highest BCUT2D eigenvalue weighted by Gasteiger charge is 2.11. The molecular formula is C22H20N4O. The maximum Gasteiger partial charge on any atom is 0.251 e. The van der Waals surface area contributed by atoms with E-state index in [1.807, 2.05) is 30.3 Å². The molecule has 0 saturated carbocycles. The minimum atomic E-state index is -0.116. The molecule has 0 spiro atoms. The fourth-order valence-electron chi connectivity index (χ4n) is 3.21. The van der Waals surface area contributed by atoms with Gasteiger partial charge in [0.15, 0.2) is 0 Å². The number of nitrogens with one attached hydrogen (secondary N) is 1. The number of benzene rings is 2. The number of rotatable bonds is 4. The largest absolute Gasteiger partial charge is 0.348 e. The van der Waals surface area contributed by atoms with Crippen molar-refractivity contribution in [1.29, 1.82) is 0 Å². The minimum absolute atomic E-state index is 0.116. The Morgan fingerprint density at radius 1 is 1.04 bits per heavy atom. The molecule has 0 atom stereocenters. The second kappa shape index (κ2) is 7.03. The average molecular weight is 356 g/mol. The molecule has 0 aliphatic heterocycles. The monoisotopic (exact) mass is 356 g/mol. The van der Waals surface area contributed by atoms with Gasteiger partial charge in [-0.15, -0.1) is 0 Å². The second-order valence-corrected chi connectivity index (χ2v) is 6.65. The van der Waals surface area contributed by atoms with E-state index < -0.39 is 0 Å². The fraction of sp³-hybridized carbons (Fsp3) is 0.136. The van der Waals surface area contributed by atoms with Crippen LogP contribution in [0.4, 0.5) is 0 Å². The quantitative estimate of drug-likeness (QED) is 0.602. The summed E-state index contributed by atoms with van der Waals surface area (Å²) < 4.78 is 2.06. The zero-order valence-electron chi connectivity index (χ0n) is 15.3. The molecule has 2 heterocycles. The highest BCUT2D eigenvalue weighted by molar-refractivity contribution is 5.97. The Labute approximate surface area is 157 Å². The molecule has 4 rings (SSSR count). The van der Waals surface area contributed by atoms with E-state index in [2.05, 4.69) is 51.9 Å². The van der Waals surface area contributed by atoms with E-state index >= 15 is 0 Å². The molecule has 0 radical (unpaired) electrons. The maximum atomic E-state index is 12.5. The first kappa shape index (κ1) is 17.0. The van der Waals surface area contributed by atoms with Crippen molar-refractivity contribution in [3.8, 4) is 5.69 Å². The summed E-state index contributed by atoms with van der Waals surface area (Å²) >= 11 is 0. The van der Waals surface area contributed by atoms with Crippen molar-refractivity contribution in [2.24, 2.45) is 0 Å². The van der Waals surface area contributed by atoms with E-state index in [4.69, 9.17) is 0 Å². The Balaban J connectivity index is 1.59. The Morgan fingerprint density at radius 3 is 2.63 bits per heavy atom. The standard InChI is InChI=1S/C22H20N4O/c1-15-3-5-20(16(2)11-15)26-14-25-19-12-18(4-6-21(19)26)22(27)24-13-17-7-9-23-10-8-17/h3-12,14H,13H2,1-2H3,(H,24,27). The van der Waals surface area contributed by atoms with Gasteiger partial charge in [-0.3, -0.25) is 14.3 Å². The number of aryl methyl sites for hydroxylation is 2. The van der Waals surface area contributed by atoms with Gasteiger partial charge < -0.3 is 5.32 Å². The van der Waals surface area contributed by atoms with Crippen LogP contribution in [0, 0.1) is 13.8 Å². The van der Waals surface area contributed by atoms with Gasteiger partial charge in [-0.1, -0.05) is 17.7 Å². The van der Waals surface area contributed by atoms with E-state index in [1.54, 1.807) is 18.7 Å². The highest BCUT2D eigenvalue weighted by atomic mass is 16.1. The summed E-state index contributed by atoms with van der Waals surface area (Å²) in [7, 11) is 0. The molecule has 134 valence electrons. The van der Waals surface area contributed by atoms with Crippen LogP contribution in [0.3, 0.4) is 0 Å². The van der Waals surface area contributed by atoms with Crippen LogP contribution in [0.2, 0.25) is 0 Å². The maximum absolute atomic E-state index is 12.5. The van der Waals surface area contributed by atoms with Gasteiger partial charge in [0.05, 0.1) is 16.7 Å². The molecule has 1 amide bonds. The van der Waals surface area contributed by atoms with E-state index in [9.17, 15) is 4.79 Å². The first-order valence-corrected chi connectivity index (χ1v) is 8.83. The zero-order chi connectivity index (χ0) is 18.8. The topological polar surface area (TPSA) is 59.8 Å². The van der Waals surface area contributed by atoms with Crippen LogP contribution < -0.4 is 5.32 Å². The normalized spacial score (nSPS) is 10.9. The van der Waals surface area contributed by atoms with Gasteiger partial charge in [0.2, 0.25) is 0 Å². The Bertz CT molecular complexity index is 1120. The summed E-state index contributed by atoms with van der Waals surface area (Å²) in [4.78, 5) is 20.9. The molecule has 0 aliphatic rings. The van der Waals surface area contributed by atoms with Crippen LogP contribution in [0.1, 0.15) is 27.0 Å². The number of carbonyl (C=O) groups is 1. The molecule has 0 aliphatic carbocycles. The molecule has 0 bridgehead atoms. The molecule has 4 aromatic rings. The first-order chi connectivity index (χ1) is 13.1. The predicted molar refractivity (Wildman–Crippen MR) is 106 cm³/mol. The van der Waals surface area contributed by atoms with Crippen LogP contribution in [0.25, 0.3) is 16.7 Å². The van der Waals surface area contributed by atoms with Crippen LogP contribution in [0.15, 0.2) is 67.3 Å². The Hall–Kier alpha value is -3.47. The third-order valence-corrected chi connectivity index (χ3v) is 4.62. The lowest BCUT2D eigenvalue weighted by Gasteiger charge is -2.09. The van der Waals surface area contributed by atoms with Crippen molar-refractivity contribution in [1.82, 2.24) is 19.9 Å². The smallest absolute Gasteiger partial charge is 0.251 e. The van der Waals surface area contributed by atoms with E-state index in [0.717, 1.165) is 22.3 Å². The number of hydrogen-bond acceptors (Lipinski definition) is 3. The van der Waals surface area contributed by atoms with Gasteiger partial charge in [0.25, 0.3) is 5.91 Å². The van der Waals surface area contributed by atoms with Crippen molar-refractivity contribution in [2.75, 3.05) is 0 Å². The van der Waals surface area contributed by atoms with E-state index in [1.165, 1.54) is 11.1 Å². The number of aromatic nitrogens is 3. The van der Waals surface area contributed by atoms with Crippen molar-refractivity contribution in [3.05, 3.63) is 89.5 Å². The summed E-state index contributed by atoms with van der Waals surface area (Å²) in [6.07, 6.45) is 5.24. The Kier molecular flexibility index (Phi) is 4.42. The average Bonchev–Trinajstić information content (AvgIpc) is 3.10. The van der Waals surface area contributed by atoms with Gasteiger partial charge >= 0.3 is 0 Å². The number of carbonyl (C=O) groups excluding carboxylic acids is 1. The lowest BCUT2D eigenvalue weighted by atomic mass is 10.1. The van der Waals surface area contributed by atoms with Crippen LogP contribution in [-0.4, -0.2) is 20.4 Å². The summed E-state index contributed by atoms with van der Waals surface area (Å²) in [6.45, 7) is 4.64. The van der Waals surface area contributed by atoms with Crippen LogP contribution >= 0.6 is 0 Å². The minimum Gasteiger partial charge on any atom is -0.348 e. The number of nitrogens with zero attached hydrogens (tertiary/aromatic N) is 3. The molecule has 5 heteroatoms. The first-order valence-electron chi connectivity index (χ1n) is 8.83. The second-order valence-electron chi connectivity index (χ2n) is 6.65. The highest BCUT2D eigenvalue weighted by Crippen LogP contribution is 2.22. The lowest BCUT2D eigenvalue weighted by Crippen LogP contribution is -2.22. The summed E-state index contributed by atoms with van der Waals surface area (Å²) in [5, 5.41) is 2.93. The van der Waals surface area contributed by atoms with Crippen molar-refractivity contribution >= 4 is 16.9 Å². The lowest BCUT2D eigenvalue weighted by molar-refractivity contribution is 0.0951. The molecule has 2 aromatic carbocycles. The molecule has 2 aromatic heterocycles. The molecule has 0 fully saturated rings. The number of fused-ring (bicyclic) bond motifs is 1. The third kappa shape index (κ3) is 3.44. The Morgan fingerprint density at radius 2 is 1.85 bits per heavy atom. The van der Waals surface area contributed by atoms with Crippen LogP contribution in [-0.2, 0) is 6.54 Å². The van der Waals surface area contributed by atoms with Crippen molar-refractivity contribution < 1.29 is 4.79 Å². The third-order valence-electron chi connectivity index (χ3n) is 4.62. The van der Waals surface area contributed by atoms with Gasteiger partial charge in [-0.2, -0.15) is 0 Å². The predicted octanol–water partition coefficient (Wildman–Crippen LogP) is 3.97. The SMILES string of the molecule is Cc1ccc(-n2cnc3cc(C(=O)NCc4ccncc4)ccc32)c(C)c1. The van der Waals surface area contributed by atoms with Gasteiger partial charge in [0.1, 0.15) is 6.33 Å². The molecule has 1 N–H and O–H groups in total. The van der Waals surface area contributed by atoms with Gasteiger partial charge in [-0.25, -0.2) is 4.98 Å². The number of pyridine rings is 1. The van der Waals surface area contributed by atoms with Crippen molar-refractivity contribution in [2.45, 2.75) is 20.4 Å². The van der Waals surface area contributed by atoms with E-state index in [0.29, 0.717) is 12.1 Å². The summed E-state index contributed by atoms with van der Waals surface area (Å²) in [5.41, 5.74) is 6.90. The molecular weight excluding hydrogens is 336 g/mol. The molecule has 0 saturated heterocycles. The molecule has 27 heavy (non-hydrogen) atoms. The summed E-state index contributed by atoms with van der Waals surface area (Å²) in [6, 6.07) is 15.7. The fourth-order valence-corrected chi connectivity index (χ4v) is 3.21. The van der Waals surface area contributed by atoms with Crippen molar-refractivity contribution in [3.63, 3.8) is 0 Å². The summed E-state index contributed by atoms with van der Waals surface area (Å²) in [5.74, 6) is -0.116.